The molecule has 32 heavy (non-hydrogen) atoms. The van der Waals surface area contributed by atoms with Crippen molar-refractivity contribution in [2.75, 3.05) is 0 Å². The van der Waals surface area contributed by atoms with Crippen LogP contribution < -0.4 is 0 Å². The summed E-state index contributed by atoms with van der Waals surface area (Å²) in [5.41, 5.74) is -6.38. The molecular weight excluding hydrogens is 464 g/mol. The van der Waals surface area contributed by atoms with Gasteiger partial charge in [-0.2, -0.15) is 26.3 Å². The van der Waals surface area contributed by atoms with E-state index in [1.54, 1.807) is 12.1 Å². The minimum atomic E-state index is -5.26. The number of hydrogen-bond donors (Lipinski definition) is 2. The summed E-state index contributed by atoms with van der Waals surface area (Å²) < 4.78 is 80.8. The maximum Gasteiger partial charge on any atom is 0.418 e. The lowest BCUT2D eigenvalue weighted by molar-refractivity contribution is -0.142. The molecule has 2 N–H and O–H groups in total. The average Bonchev–Trinajstić information content (AvgIpc) is 3.47. The highest BCUT2D eigenvalue weighted by atomic mass is 35.5. The highest BCUT2D eigenvalue weighted by Crippen LogP contribution is 2.57. The number of benzene rings is 2. The number of nitrogens with zero attached hydrogens (tertiary/aromatic N) is 1. The molecule has 0 amide bonds. The van der Waals surface area contributed by atoms with Crippen LogP contribution in [0.25, 0.3) is 10.9 Å². The van der Waals surface area contributed by atoms with Gasteiger partial charge in [0.05, 0.1) is 22.3 Å². The maximum absolute atomic E-state index is 13.7. The van der Waals surface area contributed by atoms with Gasteiger partial charge in [-0.15, -0.1) is 0 Å². The number of carboxylic acids is 1. The van der Waals surface area contributed by atoms with Gasteiger partial charge in [-0.05, 0) is 42.7 Å². The zero-order valence-electron chi connectivity index (χ0n) is 15.8. The summed E-state index contributed by atoms with van der Waals surface area (Å²) in [4.78, 5) is 15.8. The van der Waals surface area contributed by atoms with Crippen LogP contribution in [0.1, 0.15) is 45.6 Å². The van der Waals surface area contributed by atoms with Gasteiger partial charge in [-0.3, -0.25) is 0 Å². The number of aromatic nitrogens is 1. The molecule has 1 aliphatic rings. The molecule has 4 nitrogen and oxygen atoms in total. The minimum Gasteiger partial charge on any atom is -0.505 e. The SMILES string of the molecule is O=C(O)c1c(O)c(C2(c3ccc(Cl)cc3)CC2)nc2c(C(F)(F)F)cc(C(F)(F)F)cc12. The van der Waals surface area contributed by atoms with Crippen molar-refractivity contribution >= 4 is 28.5 Å². The fourth-order valence-corrected chi connectivity index (χ4v) is 3.97. The lowest BCUT2D eigenvalue weighted by atomic mass is 9.88. The first-order valence-corrected chi connectivity index (χ1v) is 9.48. The van der Waals surface area contributed by atoms with Gasteiger partial charge < -0.3 is 10.2 Å². The Morgan fingerprint density at radius 3 is 2.06 bits per heavy atom. The topological polar surface area (TPSA) is 70.4 Å². The Morgan fingerprint density at radius 1 is 1.00 bits per heavy atom. The standard InChI is InChI=1S/C21H12ClF6NO3/c22-11-3-1-9(2-4-11)19(5-6-19)17-16(30)14(18(31)32)12-7-10(20(23,24)25)8-13(15(12)29-17)21(26,27)28/h1-4,7-8,30H,5-6H2,(H,31,32). The number of aromatic carboxylic acids is 1. The van der Waals surface area contributed by atoms with Gasteiger partial charge in [-0.1, -0.05) is 23.7 Å². The van der Waals surface area contributed by atoms with Crippen molar-refractivity contribution in [1.82, 2.24) is 4.98 Å². The summed E-state index contributed by atoms with van der Waals surface area (Å²) in [6.07, 6.45) is -9.77. The number of rotatable bonds is 3. The summed E-state index contributed by atoms with van der Waals surface area (Å²) in [7, 11) is 0. The number of alkyl halides is 6. The number of hydrogen-bond acceptors (Lipinski definition) is 3. The molecule has 0 atom stereocenters. The summed E-state index contributed by atoms with van der Waals surface area (Å²) >= 11 is 5.87. The van der Waals surface area contributed by atoms with Crippen LogP contribution in [0.15, 0.2) is 36.4 Å². The molecule has 2 aromatic carbocycles. The van der Waals surface area contributed by atoms with Crippen LogP contribution in [0.2, 0.25) is 5.02 Å². The highest BCUT2D eigenvalue weighted by molar-refractivity contribution is 6.30. The Hall–Kier alpha value is -3.01. The molecule has 4 rings (SSSR count). The fourth-order valence-electron chi connectivity index (χ4n) is 3.84. The molecule has 0 spiro atoms. The molecule has 3 aromatic rings. The highest BCUT2D eigenvalue weighted by Gasteiger charge is 2.50. The molecule has 168 valence electrons. The van der Waals surface area contributed by atoms with E-state index in [1.165, 1.54) is 12.1 Å². The van der Waals surface area contributed by atoms with Gasteiger partial charge in [0, 0.05) is 15.8 Å². The molecule has 0 unspecified atom stereocenters. The summed E-state index contributed by atoms with van der Waals surface area (Å²) in [6, 6.07) is 6.32. The van der Waals surface area contributed by atoms with E-state index in [1.807, 2.05) is 0 Å². The normalized spacial score (nSPS) is 15.7. The van der Waals surface area contributed by atoms with Crippen LogP contribution in [0.5, 0.6) is 5.75 Å². The van der Waals surface area contributed by atoms with Crippen molar-refractivity contribution in [3.63, 3.8) is 0 Å². The first-order chi connectivity index (χ1) is 14.8. The fraction of sp³-hybridized carbons (Fsp3) is 0.238. The van der Waals surface area contributed by atoms with Crippen molar-refractivity contribution in [2.45, 2.75) is 30.6 Å². The first kappa shape index (κ1) is 22.2. The number of carboxylic acid groups (broad SMARTS) is 1. The second-order valence-corrected chi connectivity index (χ2v) is 7.93. The molecule has 0 aliphatic heterocycles. The molecule has 11 heteroatoms. The van der Waals surface area contributed by atoms with E-state index >= 15 is 0 Å². The van der Waals surface area contributed by atoms with E-state index in [4.69, 9.17) is 11.6 Å². The zero-order chi connectivity index (χ0) is 23.6. The summed E-state index contributed by atoms with van der Waals surface area (Å²) in [5.74, 6) is -2.85. The number of pyridine rings is 1. The molecule has 1 fully saturated rings. The zero-order valence-corrected chi connectivity index (χ0v) is 16.5. The van der Waals surface area contributed by atoms with Gasteiger partial charge in [0.2, 0.25) is 0 Å². The second-order valence-electron chi connectivity index (χ2n) is 7.49. The van der Waals surface area contributed by atoms with E-state index in [0.717, 1.165) is 0 Å². The Bertz CT molecular complexity index is 1250. The van der Waals surface area contributed by atoms with E-state index in [0.29, 0.717) is 23.4 Å². The van der Waals surface area contributed by atoms with Crippen LogP contribution in [-0.2, 0) is 17.8 Å². The lowest BCUT2D eigenvalue weighted by Gasteiger charge is -2.21. The Balaban J connectivity index is 2.11. The number of halogens is 7. The van der Waals surface area contributed by atoms with Crippen LogP contribution in [-0.4, -0.2) is 21.2 Å². The van der Waals surface area contributed by atoms with Gasteiger partial charge in [0.25, 0.3) is 0 Å². The second kappa shape index (κ2) is 6.99. The third-order valence-electron chi connectivity index (χ3n) is 5.51. The summed E-state index contributed by atoms with van der Waals surface area (Å²) in [5, 5.41) is 19.7. The Labute approximate surface area is 181 Å². The van der Waals surface area contributed by atoms with Crippen LogP contribution in [0.4, 0.5) is 26.3 Å². The van der Waals surface area contributed by atoms with Crippen molar-refractivity contribution in [1.29, 1.82) is 0 Å². The number of carbonyl (C=O) groups is 1. The lowest BCUT2D eigenvalue weighted by Crippen LogP contribution is -2.17. The molecule has 1 saturated carbocycles. The third kappa shape index (κ3) is 3.52. The largest absolute Gasteiger partial charge is 0.505 e. The first-order valence-electron chi connectivity index (χ1n) is 9.10. The molecular formula is C21H12ClF6NO3. The smallest absolute Gasteiger partial charge is 0.418 e. The average molecular weight is 476 g/mol. The van der Waals surface area contributed by atoms with Gasteiger partial charge in [0.15, 0.2) is 5.75 Å². The van der Waals surface area contributed by atoms with Crippen molar-refractivity contribution < 1.29 is 41.4 Å². The van der Waals surface area contributed by atoms with Crippen LogP contribution in [0, 0.1) is 0 Å². The predicted octanol–water partition coefficient (Wildman–Crippen LogP) is 6.41. The Kier molecular flexibility index (Phi) is 4.85. The van der Waals surface area contributed by atoms with E-state index in [2.05, 4.69) is 4.98 Å². The van der Waals surface area contributed by atoms with Crippen molar-refractivity contribution in [2.24, 2.45) is 0 Å². The van der Waals surface area contributed by atoms with Crippen molar-refractivity contribution in [3.8, 4) is 5.75 Å². The predicted molar refractivity (Wildman–Crippen MR) is 102 cm³/mol. The van der Waals surface area contributed by atoms with Gasteiger partial charge in [0.1, 0.15) is 5.56 Å². The molecule has 0 saturated heterocycles. The quantitative estimate of drug-likeness (QED) is 0.429. The number of aromatic hydroxyl groups is 1. The third-order valence-corrected chi connectivity index (χ3v) is 5.76. The van der Waals surface area contributed by atoms with E-state index in [9.17, 15) is 41.4 Å². The van der Waals surface area contributed by atoms with Gasteiger partial charge >= 0.3 is 18.3 Å². The van der Waals surface area contributed by atoms with E-state index in [-0.39, 0.29) is 17.8 Å². The van der Waals surface area contributed by atoms with Crippen LogP contribution in [0.3, 0.4) is 0 Å². The molecule has 0 radical (unpaired) electrons. The summed E-state index contributed by atoms with van der Waals surface area (Å²) in [6.45, 7) is 0. The maximum atomic E-state index is 13.7. The molecule has 0 bridgehead atoms. The minimum absolute atomic E-state index is 0.107. The van der Waals surface area contributed by atoms with Crippen LogP contribution >= 0.6 is 11.6 Å². The van der Waals surface area contributed by atoms with Gasteiger partial charge in [-0.25, -0.2) is 9.78 Å². The Morgan fingerprint density at radius 2 is 1.59 bits per heavy atom. The number of fused-ring (bicyclic) bond motifs is 1. The molecule has 1 aromatic heterocycles. The van der Waals surface area contributed by atoms with E-state index < -0.39 is 57.1 Å². The van der Waals surface area contributed by atoms with Crippen molar-refractivity contribution in [3.05, 3.63) is 69.4 Å². The monoisotopic (exact) mass is 475 g/mol. The molecule has 1 heterocycles. The molecule has 1 aliphatic carbocycles.